The number of methoxy groups -OCH3 is 1. The van der Waals surface area contributed by atoms with Crippen molar-refractivity contribution in [3.05, 3.63) is 28.8 Å². The second kappa shape index (κ2) is 6.50. The molecule has 94 valence electrons. The summed E-state index contributed by atoms with van der Waals surface area (Å²) < 4.78 is 5.25. The van der Waals surface area contributed by atoms with Crippen LogP contribution in [-0.2, 0) is 11.2 Å². The van der Waals surface area contributed by atoms with E-state index in [-0.39, 0.29) is 11.8 Å². The molecule has 0 heterocycles. The zero-order chi connectivity index (χ0) is 12.8. The maximum atomic E-state index is 11.0. The highest BCUT2D eigenvalue weighted by atomic mass is 35.5. The quantitative estimate of drug-likeness (QED) is 0.820. The van der Waals surface area contributed by atoms with Crippen molar-refractivity contribution in [3.63, 3.8) is 0 Å². The average Bonchev–Trinajstić information content (AvgIpc) is 2.34. The first-order valence-electron chi connectivity index (χ1n) is 5.56. The largest absolute Gasteiger partial charge is 0.496 e. The molecule has 0 fully saturated rings. The third-order valence-electron chi connectivity index (χ3n) is 2.91. The second-order valence-electron chi connectivity index (χ2n) is 3.91. The number of amides is 1. The van der Waals surface area contributed by atoms with Gasteiger partial charge < -0.3 is 10.1 Å². The van der Waals surface area contributed by atoms with E-state index in [0.29, 0.717) is 6.54 Å². The van der Waals surface area contributed by atoms with Crippen molar-refractivity contribution in [1.82, 2.24) is 5.32 Å². The number of nitrogens with one attached hydrogen (secondary N) is 1. The van der Waals surface area contributed by atoms with E-state index in [4.69, 9.17) is 16.3 Å². The lowest BCUT2D eigenvalue weighted by molar-refractivity contribution is -0.118. The molecule has 3 nitrogen and oxygen atoms in total. The number of carbonyl (C=O) groups excluding carboxylic acids is 1. The van der Waals surface area contributed by atoms with Gasteiger partial charge in [0.05, 0.1) is 7.11 Å². The van der Waals surface area contributed by atoms with Crippen molar-refractivity contribution in [3.8, 4) is 5.75 Å². The van der Waals surface area contributed by atoms with Gasteiger partial charge in [0.25, 0.3) is 0 Å². The molecule has 17 heavy (non-hydrogen) atoms. The Hall–Kier alpha value is -1.22. The molecule has 4 heteroatoms. The number of halogens is 1. The fraction of sp³-hybridized carbons (Fsp3) is 0.462. The number of alkyl halides is 1. The topological polar surface area (TPSA) is 38.3 Å². The minimum Gasteiger partial charge on any atom is -0.496 e. The number of hydrogen-bond donors (Lipinski definition) is 1. The standard InChI is InChI=1S/C13H18ClNO2/c1-9-10(2)12(17-3)5-4-11(9)6-7-15-13(16)8-14/h4-5H,6-8H2,1-3H3,(H,15,16). The Morgan fingerprint density at radius 1 is 1.35 bits per heavy atom. The van der Waals surface area contributed by atoms with Crippen LogP contribution in [0.4, 0.5) is 0 Å². The fourth-order valence-electron chi connectivity index (χ4n) is 1.73. The molecule has 0 unspecified atom stereocenters. The van der Waals surface area contributed by atoms with Crippen LogP contribution in [0.5, 0.6) is 5.75 Å². The lowest BCUT2D eigenvalue weighted by Crippen LogP contribution is -2.26. The summed E-state index contributed by atoms with van der Waals surface area (Å²) >= 11 is 5.40. The number of ether oxygens (including phenoxy) is 1. The molecule has 1 N–H and O–H groups in total. The van der Waals surface area contributed by atoms with Gasteiger partial charge in [-0.05, 0) is 43.0 Å². The zero-order valence-corrected chi connectivity index (χ0v) is 11.2. The summed E-state index contributed by atoms with van der Waals surface area (Å²) in [7, 11) is 1.67. The summed E-state index contributed by atoms with van der Waals surface area (Å²) in [5, 5.41) is 2.75. The SMILES string of the molecule is COc1ccc(CCNC(=O)CCl)c(C)c1C. The van der Waals surface area contributed by atoms with Crippen molar-refractivity contribution in [2.24, 2.45) is 0 Å². The third-order valence-corrected chi connectivity index (χ3v) is 3.15. The maximum absolute atomic E-state index is 11.0. The Kier molecular flexibility index (Phi) is 5.29. The smallest absolute Gasteiger partial charge is 0.234 e. The molecule has 0 saturated carbocycles. The van der Waals surface area contributed by atoms with Crippen LogP contribution in [0.3, 0.4) is 0 Å². The van der Waals surface area contributed by atoms with Gasteiger partial charge in [-0.1, -0.05) is 6.07 Å². The highest BCUT2D eigenvalue weighted by Gasteiger charge is 2.06. The van der Waals surface area contributed by atoms with Crippen LogP contribution in [0.1, 0.15) is 16.7 Å². The fourth-order valence-corrected chi connectivity index (χ4v) is 1.82. The van der Waals surface area contributed by atoms with Crippen LogP contribution >= 0.6 is 11.6 Å². The molecule has 0 saturated heterocycles. The third kappa shape index (κ3) is 3.63. The van der Waals surface area contributed by atoms with Crippen molar-refractivity contribution < 1.29 is 9.53 Å². The Labute approximate surface area is 107 Å². The van der Waals surface area contributed by atoms with Gasteiger partial charge in [-0.2, -0.15) is 0 Å². The summed E-state index contributed by atoms with van der Waals surface area (Å²) in [5.74, 6) is 0.784. The van der Waals surface area contributed by atoms with E-state index in [1.807, 2.05) is 19.1 Å². The predicted molar refractivity (Wildman–Crippen MR) is 69.9 cm³/mol. The normalized spacial score (nSPS) is 10.1. The second-order valence-corrected chi connectivity index (χ2v) is 4.18. The molecule has 0 bridgehead atoms. The van der Waals surface area contributed by atoms with Gasteiger partial charge in [0.15, 0.2) is 0 Å². The minimum absolute atomic E-state index is 0.0145. The van der Waals surface area contributed by atoms with E-state index in [1.54, 1.807) is 7.11 Å². The summed E-state index contributed by atoms with van der Waals surface area (Å²) in [4.78, 5) is 11.0. The first-order valence-corrected chi connectivity index (χ1v) is 6.09. The molecule has 0 aliphatic heterocycles. The summed E-state index contributed by atoms with van der Waals surface area (Å²) in [6.45, 7) is 4.71. The predicted octanol–water partition coefficient (Wildman–Crippen LogP) is 2.21. The Morgan fingerprint density at radius 3 is 2.65 bits per heavy atom. The highest BCUT2D eigenvalue weighted by molar-refractivity contribution is 6.27. The molecule has 0 radical (unpaired) electrons. The molecule has 0 spiro atoms. The van der Waals surface area contributed by atoms with Crippen molar-refractivity contribution >= 4 is 17.5 Å². The molecular weight excluding hydrogens is 238 g/mol. The lowest BCUT2D eigenvalue weighted by Gasteiger charge is -2.12. The molecule has 0 aliphatic carbocycles. The van der Waals surface area contributed by atoms with E-state index in [2.05, 4.69) is 12.2 Å². The monoisotopic (exact) mass is 255 g/mol. The molecule has 1 aromatic rings. The first-order chi connectivity index (χ1) is 8.10. The van der Waals surface area contributed by atoms with Crippen LogP contribution in [0, 0.1) is 13.8 Å². The number of hydrogen-bond acceptors (Lipinski definition) is 2. The molecule has 0 aromatic heterocycles. The van der Waals surface area contributed by atoms with Gasteiger partial charge in [-0.15, -0.1) is 11.6 Å². The van der Waals surface area contributed by atoms with E-state index in [9.17, 15) is 4.79 Å². The van der Waals surface area contributed by atoms with Crippen LogP contribution in [0.15, 0.2) is 12.1 Å². The number of rotatable bonds is 5. The van der Waals surface area contributed by atoms with E-state index in [1.165, 1.54) is 11.1 Å². The summed E-state index contributed by atoms with van der Waals surface area (Å²) in [6.07, 6.45) is 0.805. The molecular formula is C13H18ClNO2. The lowest BCUT2D eigenvalue weighted by atomic mass is 10.00. The van der Waals surface area contributed by atoms with E-state index >= 15 is 0 Å². The molecule has 0 aliphatic rings. The van der Waals surface area contributed by atoms with Crippen molar-refractivity contribution in [2.75, 3.05) is 19.5 Å². The number of carbonyl (C=O) groups is 1. The zero-order valence-electron chi connectivity index (χ0n) is 10.5. The van der Waals surface area contributed by atoms with Gasteiger partial charge in [0.2, 0.25) is 5.91 Å². The van der Waals surface area contributed by atoms with Crippen LogP contribution in [-0.4, -0.2) is 25.4 Å². The minimum atomic E-state index is -0.130. The Bertz CT molecular complexity index is 405. The van der Waals surface area contributed by atoms with Gasteiger partial charge in [0, 0.05) is 6.54 Å². The van der Waals surface area contributed by atoms with Crippen LogP contribution < -0.4 is 10.1 Å². The van der Waals surface area contributed by atoms with Crippen LogP contribution in [0.25, 0.3) is 0 Å². The van der Waals surface area contributed by atoms with Crippen molar-refractivity contribution in [2.45, 2.75) is 20.3 Å². The van der Waals surface area contributed by atoms with Crippen LogP contribution in [0.2, 0.25) is 0 Å². The van der Waals surface area contributed by atoms with Crippen molar-refractivity contribution in [1.29, 1.82) is 0 Å². The maximum Gasteiger partial charge on any atom is 0.234 e. The molecule has 1 aromatic carbocycles. The summed E-state index contributed by atoms with van der Waals surface area (Å²) in [6, 6.07) is 4.00. The van der Waals surface area contributed by atoms with E-state index in [0.717, 1.165) is 17.7 Å². The molecule has 1 amide bonds. The Balaban J connectivity index is 2.66. The average molecular weight is 256 g/mol. The highest BCUT2D eigenvalue weighted by Crippen LogP contribution is 2.23. The van der Waals surface area contributed by atoms with Gasteiger partial charge in [-0.3, -0.25) is 4.79 Å². The Morgan fingerprint density at radius 2 is 2.06 bits per heavy atom. The van der Waals surface area contributed by atoms with E-state index < -0.39 is 0 Å². The first kappa shape index (κ1) is 13.8. The molecule has 1 rings (SSSR count). The molecule has 0 atom stereocenters. The van der Waals surface area contributed by atoms with Gasteiger partial charge >= 0.3 is 0 Å². The van der Waals surface area contributed by atoms with Gasteiger partial charge in [-0.25, -0.2) is 0 Å². The summed E-state index contributed by atoms with van der Waals surface area (Å²) in [5.41, 5.74) is 3.58. The van der Waals surface area contributed by atoms with Gasteiger partial charge in [0.1, 0.15) is 11.6 Å². The number of benzene rings is 1.